The van der Waals surface area contributed by atoms with Gasteiger partial charge in [0, 0.05) is 18.1 Å². The molecule has 3 rings (SSSR count). The van der Waals surface area contributed by atoms with Crippen molar-refractivity contribution >= 4 is 34.7 Å². The van der Waals surface area contributed by atoms with Crippen LogP contribution in [0.2, 0.25) is 0 Å². The first kappa shape index (κ1) is 17.4. The van der Waals surface area contributed by atoms with E-state index >= 15 is 0 Å². The lowest BCUT2D eigenvalue weighted by Gasteiger charge is -2.24. The highest BCUT2D eigenvalue weighted by Gasteiger charge is 2.48. The fourth-order valence-corrected chi connectivity index (χ4v) is 6.19. The molecule has 1 unspecified atom stereocenters. The second-order valence-electron chi connectivity index (χ2n) is 6.21. The minimum Gasteiger partial charge on any atom is -0.290 e. The first-order valence-electron chi connectivity index (χ1n) is 8.00. The van der Waals surface area contributed by atoms with Crippen LogP contribution in [0.3, 0.4) is 0 Å². The minimum absolute atomic E-state index is 0.369. The molecule has 2 aliphatic rings. The van der Waals surface area contributed by atoms with Crippen LogP contribution in [0.15, 0.2) is 28.6 Å². The fourth-order valence-electron chi connectivity index (χ4n) is 2.46. The summed E-state index contributed by atoms with van der Waals surface area (Å²) in [6.45, 7) is 0.750. The van der Waals surface area contributed by atoms with Crippen molar-refractivity contribution in [3.8, 4) is 0 Å². The molecular formula is C14H22N7OPS. The predicted molar refractivity (Wildman–Crippen MR) is 99.2 cm³/mol. The number of aliphatic imine (C=N–C) groups is 1. The van der Waals surface area contributed by atoms with E-state index in [-0.39, 0.29) is 0 Å². The van der Waals surface area contributed by atoms with Gasteiger partial charge in [0.15, 0.2) is 5.17 Å². The van der Waals surface area contributed by atoms with E-state index in [1.807, 2.05) is 13.8 Å². The van der Waals surface area contributed by atoms with Gasteiger partial charge in [0.05, 0.1) is 0 Å². The maximum absolute atomic E-state index is 13.2. The van der Waals surface area contributed by atoms with Crippen molar-refractivity contribution in [3.05, 3.63) is 18.5 Å². The molecule has 8 nitrogen and oxygen atoms in total. The molecule has 130 valence electrons. The van der Waals surface area contributed by atoms with Crippen LogP contribution in [0.1, 0.15) is 46.0 Å². The largest absolute Gasteiger partial charge is 0.290 e. The number of hydrazone groups is 1. The Morgan fingerprint density at radius 3 is 2.62 bits per heavy atom. The van der Waals surface area contributed by atoms with Crippen molar-refractivity contribution in [2.45, 2.75) is 51.2 Å². The van der Waals surface area contributed by atoms with Crippen LogP contribution in [-0.4, -0.2) is 26.1 Å². The second-order valence-corrected chi connectivity index (χ2v) is 11.3. The predicted octanol–water partition coefficient (Wildman–Crippen LogP) is 3.33. The lowest BCUT2D eigenvalue weighted by Crippen LogP contribution is -2.27. The van der Waals surface area contributed by atoms with Crippen LogP contribution in [0, 0.1) is 0 Å². The van der Waals surface area contributed by atoms with Gasteiger partial charge in [-0.25, -0.2) is 15.0 Å². The topological polar surface area (TPSA) is 104 Å². The second kappa shape index (κ2) is 7.21. The number of nitrogens with zero attached hydrogens (tertiary/aromatic N) is 4. The van der Waals surface area contributed by atoms with Crippen LogP contribution in [0.25, 0.3) is 0 Å². The Labute approximate surface area is 145 Å². The van der Waals surface area contributed by atoms with Crippen molar-refractivity contribution in [2.75, 3.05) is 5.43 Å². The molecule has 1 fully saturated rings. The first-order chi connectivity index (χ1) is 11.5. The number of amidine groups is 1. The van der Waals surface area contributed by atoms with E-state index in [1.165, 1.54) is 30.6 Å². The third-order valence-corrected chi connectivity index (χ3v) is 9.40. The molecule has 3 N–H and O–H groups in total. The summed E-state index contributed by atoms with van der Waals surface area (Å²) in [5, 5.41) is 7.13. The third-order valence-electron chi connectivity index (χ3n) is 3.93. The Bertz CT molecular complexity index is 684. The van der Waals surface area contributed by atoms with Gasteiger partial charge in [0.25, 0.3) is 6.49 Å². The lowest BCUT2D eigenvalue weighted by molar-refractivity contribution is 0.550. The van der Waals surface area contributed by atoms with Gasteiger partial charge < -0.3 is 0 Å². The Kier molecular flexibility index (Phi) is 5.22. The van der Waals surface area contributed by atoms with Crippen molar-refractivity contribution in [2.24, 2.45) is 10.1 Å². The molecular weight excluding hydrogens is 345 g/mol. The summed E-state index contributed by atoms with van der Waals surface area (Å²) in [7, 11) is 0. The van der Waals surface area contributed by atoms with E-state index < -0.39 is 11.8 Å². The lowest BCUT2D eigenvalue weighted by atomic mass is 9.99. The summed E-state index contributed by atoms with van der Waals surface area (Å²) in [5.74, 6) is 0.369. The smallest absolute Gasteiger partial charge is 0.251 e. The number of nitrogens with one attached hydrogen (secondary N) is 3. The number of anilines is 1. The molecule has 1 aliphatic heterocycles. The monoisotopic (exact) mass is 367 g/mol. The third kappa shape index (κ3) is 3.96. The number of aromatic nitrogens is 2. The number of rotatable bonds is 4. The molecule has 0 spiro atoms. The highest BCUT2D eigenvalue weighted by Crippen LogP contribution is 2.69. The zero-order chi connectivity index (χ0) is 17.0. The summed E-state index contributed by atoms with van der Waals surface area (Å²) in [5.41, 5.74) is 6.97. The molecule has 0 radical (unpaired) electrons. The van der Waals surface area contributed by atoms with Gasteiger partial charge in [-0.15, -0.1) is 0 Å². The summed E-state index contributed by atoms with van der Waals surface area (Å²) in [6, 6.07) is 1.72. The van der Waals surface area contributed by atoms with Gasteiger partial charge >= 0.3 is 0 Å². The molecule has 2 heterocycles. The van der Waals surface area contributed by atoms with E-state index in [0.717, 1.165) is 18.6 Å². The van der Waals surface area contributed by atoms with Crippen molar-refractivity contribution in [1.29, 1.82) is 0 Å². The quantitative estimate of drug-likeness (QED) is 0.554. The Hall–Kier alpha value is -1.44. The molecule has 1 aromatic rings. The van der Waals surface area contributed by atoms with Crippen molar-refractivity contribution < 1.29 is 4.57 Å². The van der Waals surface area contributed by atoms with Crippen LogP contribution in [0.4, 0.5) is 5.95 Å². The van der Waals surface area contributed by atoms with Crippen LogP contribution < -0.4 is 16.0 Å². The normalized spacial score (nSPS) is 25.9. The average Bonchev–Trinajstić information content (AvgIpc) is 2.82. The van der Waals surface area contributed by atoms with E-state index in [0.29, 0.717) is 11.1 Å². The molecule has 24 heavy (non-hydrogen) atoms. The Morgan fingerprint density at radius 1 is 1.21 bits per heavy atom. The van der Waals surface area contributed by atoms with Gasteiger partial charge in [-0.1, -0.05) is 6.42 Å². The summed E-state index contributed by atoms with van der Waals surface area (Å²) < 4.78 is 13.2. The zero-order valence-corrected chi connectivity index (χ0v) is 15.5. The maximum atomic E-state index is 13.2. The Morgan fingerprint density at radius 2 is 1.92 bits per heavy atom. The number of hydrogen-bond donors (Lipinski definition) is 3. The highest BCUT2D eigenvalue weighted by atomic mass is 32.7. The van der Waals surface area contributed by atoms with E-state index in [9.17, 15) is 4.57 Å². The fraction of sp³-hybridized carbons (Fsp3) is 0.571. The molecule has 1 aliphatic carbocycles. The first-order valence-corrected chi connectivity index (χ1v) is 11.1. The summed E-state index contributed by atoms with van der Waals surface area (Å²) in [4.78, 5) is 12.6. The highest BCUT2D eigenvalue weighted by molar-refractivity contribution is 8.65. The Balaban J connectivity index is 1.62. The molecule has 0 aromatic carbocycles. The van der Waals surface area contributed by atoms with Gasteiger partial charge in [-0.05, 0) is 57.0 Å². The standard InChI is InChI=1S/C14H22N7OPS/c1-14(2)17-13(20-18-11-7-4-3-5-8-11)24-23(14,22)21-19-12-15-9-6-10-16-12/h6,9-10H,3-5,7-8H2,1-2H3,(H,17,20)(H,21,22)(H,15,16,19). The molecule has 10 heteroatoms. The van der Waals surface area contributed by atoms with Crippen molar-refractivity contribution in [1.82, 2.24) is 20.6 Å². The molecule has 1 saturated carbocycles. The van der Waals surface area contributed by atoms with Crippen LogP contribution >= 0.6 is 17.9 Å². The van der Waals surface area contributed by atoms with E-state index in [1.54, 1.807) is 18.5 Å². The summed E-state index contributed by atoms with van der Waals surface area (Å²) in [6.07, 6.45) is 8.93. The zero-order valence-electron chi connectivity index (χ0n) is 13.8. The average molecular weight is 367 g/mol. The van der Waals surface area contributed by atoms with Gasteiger partial charge in [0.2, 0.25) is 5.95 Å². The van der Waals surface area contributed by atoms with Crippen LogP contribution in [-0.2, 0) is 4.57 Å². The minimum atomic E-state index is -2.92. The molecule has 0 amide bonds. The van der Waals surface area contributed by atoms with Gasteiger partial charge in [-0.2, -0.15) is 10.3 Å². The molecule has 1 atom stereocenters. The maximum Gasteiger partial charge on any atom is 0.251 e. The molecule has 0 bridgehead atoms. The van der Waals surface area contributed by atoms with E-state index in [2.05, 4.69) is 36.1 Å². The number of hydrazine groups is 1. The molecule has 0 saturated heterocycles. The van der Waals surface area contributed by atoms with E-state index in [4.69, 9.17) is 0 Å². The van der Waals surface area contributed by atoms with Crippen molar-refractivity contribution in [3.63, 3.8) is 0 Å². The van der Waals surface area contributed by atoms with Gasteiger partial charge in [0.1, 0.15) is 5.28 Å². The van der Waals surface area contributed by atoms with Crippen LogP contribution in [0.5, 0.6) is 0 Å². The summed E-state index contributed by atoms with van der Waals surface area (Å²) >= 11 is 1.19. The SMILES string of the molecule is CC1(C)N=C(NN=C2CCCCC2)SP1(=O)NNc1ncccn1. The van der Waals surface area contributed by atoms with Gasteiger partial charge in [-0.3, -0.25) is 15.4 Å². The number of hydrogen-bond acceptors (Lipinski definition) is 8. The molecule has 1 aromatic heterocycles.